The van der Waals surface area contributed by atoms with Crippen molar-refractivity contribution in [2.24, 2.45) is 27.5 Å². The molecule has 1 N–H and O–H groups in total. The van der Waals surface area contributed by atoms with Crippen LogP contribution in [0, 0.1) is 23.2 Å². The Morgan fingerprint density at radius 2 is 1.96 bits per heavy atom. The quantitative estimate of drug-likeness (QED) is 0.332. The van der Waals surface area contributed by atoms with Gasteiger partial charge in [-0.3, -0.25) is 9.52 Å². The van der Waals surface area contributed by atoms with E-state index >= 15 is 0 Å². The fourth-order valence-corrected chi connectivity index (χ4v) is 11.2. The molecule has 2 spiro atoms. The molecule has 13 heteroatoms. The van der Waals surface area contributed by atoms with Crippen LogP contribution in [0.1, 0.15) is 66.9 Å². The highest BCUT2D eigenvalue weighted by atomic mass is 35.5. The summed E-state index contributed by atoms with van der Waals surface area (Å²) in [4.78, 5) is 30.7. The Morgan fingerprint density at radius 3 is 2.69 bits per heavy atom. The Balaban J connectivity index is 1.16. The molecule has 0 unspecified atom stereocenters. The third-order valence-electron chi connectivity index (χ3n) is 12.2. The Hall–Kier alpha value is -3.22. The average Bonchev–Trinajstić information content (AvgIpc) is 3.68. The number of benzene rings is 2. The normalized spacial score (nSPS) is 34.1. The SMILES string of the molecule is CO[C@H]1/C=C/C[C@H](C)C[S@@](=O)(NC(=O)N2CC3(C2)CC3(F)F)=NC(=O)c2ccc3c(c2)N(C[C@@H]2CC[C@H]21)C[C@@]1(CCCc2cc(Cl)ccc21)CO3. The Morgan fingerprint density at radius 1 is 1.16 bits per heavy atom. The van der Waals surface area contributed by atoms with E-state index < -0.39 is 33.2 Å². The van der Waals surface area contributed by atoms with Gasteiger partial charge in [0.25, 0.3) is 11.8 Å². The summed E-state index contributed by atoms with van der Waals surface area (Å²) >= 11 is 6.44. The first-order chi connectivity index (χ1) is 24.3. The Kier molecular flexibility index (Phi) is 8.69. The number of methoxy groups -OCH3 is 1. The van der Waals surface area contributed by atoms with Gasteiger partial charge in [0.05, 0.1) is 29.6 Å². The number of anilines is 1. The first-order valence-corrected chi connectivity index (χ1v) is 20.1. The van der Waals surface area contributed by atoms with Gasteiger partial charge < -0.3 is 19.3 Å². The molecule has 2 aromatic carbocycles. The van der Waals surface area contributed by atoms with Gasteiger partial charge in [0.15, 0.2) is 0 Å². The number of urea groups is 1. The molecule has 3 amide bonds. The van der Waals surface area contributed by atoms with Crippen molar-refractivity contribution < 1.29 is 32.1 Å². The number of aryl methyl sites for hydroxylation is 1. The molecule has 0 aromatic heterocycles. The first-order valence-electron chi connectivity index (χ1n) is 18.1. The molecule has 6 atom stereocenters. The number of likely N-dealkylation sites (tertiary alicyclic amines) is 1. The summed E-state index contributed by atoms with van der Waals surface area (Å²) in [6, 6.07) is 10.6. The summed E-state index contributed by atoms with van der Waals surface area (Å²) in [5.41, 5.74) is 2.02. The number of nitrogens with one attached hydrogen (secondary N) is 1. The third kappa shape index (κ3) is 6.33. The van der Waals surface area contributed by atoms with Gasteiger partial charge in [-0.15, -0.1) is 4.36 Å². The van der Waals surface area contributed by atoms with E-state index in [1.54, 1.807) is 25.3 Å². The molecular weight excluding hydrogens is 698 g/mol. The van der Waals surface area contributed by atoms with Crippen LogP contribution >= 0.6 is 11.6 Å². The van der Waals surface area contributed by atoms with Gasteiger partial charge in [-0.05, 0) is 97.7 Å². The van der Waals surface area contributed by atoms with Crippen molar-refractivity contribution in [3.8, 4) is 5.75 Å². The van der Waals surface area contributed by atoms with Crippen molar-refractivity contribution in [3.05, 3.63) is 70.3 Å². The first kappa shape index (κ1) is 34.8. The van der Waals surface area contributed by atoms with Crippen LogP contribution < -0.4 is 14.4 Å². The zero-order valence-electron chi connectivity index (χ0n) is 29.0. The standard InChI is InChI=1S/C38H45ClF2N4O5S/c1-24-5-3-7-32(49-2)29-11-8-27(29)17-44-20-36(14-4-6-25-15-28(39)10-12-30(25)36)23-50-33-13-9-26(16-31(33)44)34(46)42-51(48,18-24)43-35(47)45-21-37(22-45)19-38(37,40)41/h3,7,9-10,12-13,15-16,24,27,29,32H,4-6,8,11,14,17-23H2,1-2H3,(H,42,43,46,47,48)/b7-3+/t24-,27-,29+,32-,36-,51-/m0/s1. The minimum atomic E-state index is -3.63. The minimum Gasteiger partial charge on any atom is -0.490 e. The molecule has 3 heterocycles. The van der Waals surface area contributed by atoms with E-state index in [0.29, 0.717) is 37.2 Å². The molecule has 9 nitrogen and oxygen atoms in total. The van der Waals surface area contributed by atoms with Gasteiger partial charge in [-0.2, -0.15) is 0 Å². The second-order valence-corrected chi connectivity index (χ2v) is 18.3. The van der Waals surface area contributed by atoms with Crippen LogP contribution in [0.25, 0.3) is 0 Å². The highest BCUT2D eigenvalue weighted by Crippen LogP contribution is 2.65. The third-order valence-corrected chi connectivity index (χ3v) is 14.5. The number of amides is 3. The van der Waals surface area contributed by atoms with Crippen molar-refractivity contribution >= 4 is 39.1 Å². The van der Waals surface area contributed by atoms with Crippen LogP contribution in [-0.2, 0) is 26.5 Å². The lowest BCUT2D eigenvalue weighted by molar-refractivity contribution is -0.00404. The maximum Gasteiger partial charge on any atom is 0.329 e. The molecule has 2 aromatic rings. The summed E-state index contributed by atoms with van der Waals surface area (Å²) in [6.07, 6.45) is 9.29. The highest BCUT2D eigenvalue weighted by molar-refractivity contribution is 7.92. The van der Waals surface area contributed by atoms with Crippen molar-refractivity contribution in [1.29, 1.82) is 0 Å². The lowest BCUT2D eigenvalue weighted by atomic mass is 9.68. The highest BCUT2D eigenvalue weighted by Gasteiger charge is 2.76. The van der Waals surface area contributed by atoms with Gasteiger partial charge >= 0.3 is 6.03 Å². The van der Waals surface area contributed by atoms with Crippen molar-refractivity contribution in [2.75, 3.05) is 50.5 Å². The summed E-state index contributed by atoms with van der Waals surface area (Å²) in [5.74, 6) is -2.48. The predicted molar refractivity (Wildman–Crippen MR) is 192 cm³/mol. The number of hydrogen-bond acceptors (Lipinski definition) is 6. The zero-order chi connectivity index (χ0) is 35.8. The number of nitrogens with zero attached hydrogens (tertiary/aromatic N) is 3. The van der Waals surface area contributed by atoms with Crippen LogP contribution in [0.4, 0.5) is 19.3 Å². The van der Waals surface area contributed by atoms with E-state index in [1.165, 1.54) is 16.0 Å². The number of rotatable bonds is 2. The number of alkyl halides is 2. The van der Waals surface area contributed by atoms with E-state index in [0.717, 1.165) is 49.4 Å². The number of carbonyl (C=O) groups excluding carboxylic acids is 2. The maximum absolute atomic E-state index is 14.4. The average molecular weight is 743 g/mol. The molecule has 3 aliphatic carbocycles. The van der Waals surface area contributed by atoms with Gasteiger partial charge in [-0.1, -0.05) is 36.7 Å². The monoisotopic (exact) mass is 742 g/mol. The molecule has 51 heavy (non-hydrogen) atoms. The maximum atomic E-state index is 14.4. The van der Waals surface area contributed by atoms with Crippen molar-refractivity contribution in [3.63, 3.8) is 0 Å². The molecule has 2 saturated carbocycles. The second-order valence-electron chi connectivity index (χ2n) is 15.9. The van der Waals surface area contributed by atoms with Crippen molar-refractivity contribution in [1.82, 2.24) is 9.62 Å². The molecule has 8 rings (SSSR count). The molecule has 0 radical (unpaired) electrons. The summed E-state index contributed by atoms with van der Waals surface area (Å²) in [6.45, 7) is 3.55. The molecular formula is C38H45ClF2N4O5S. The number of carbonyl (C=O) groups is 2. The molecule has 3 aliphatic heterocycles. The van der Waals surface area contributed by atoms with E-state index in [-0.39, 0.29) is 48.3 Å². The number of hydrogen-bond donors (Lipinski definition) is 1. The lowest BCUT2D eigenvalue weighted by Crippen LogP contribution is -2.58. The molecule has 6 aliphatic rings. The predicted octanol–water partition coefficient (Wildman–Crippen LogP) is 7.02. The van der Waals surface area contributed by atoms with Crippen LogP contribution in [0.2, 0.25) is 5.02 Å². The Bertz CT molecular complexity index is 1910. The minimum absolute atomic E-state index is 0.0835. The number of halogens is 3. The van der Waals surface area contributed by atoms with Crippen LogP contribution in [0.3, 0.4) is 0 Å². The van der Waals surface area contributed by atoms with E-state index in [2.05, 4.69) is 32.2 Å². The largest absolute Gasteiger partial charge is 0.490 e. The van der Waals surface area contributed by atoms with E-state index in [4.69, 9.17) is 21.1 Å². The van der Waals surface area contributed by atoms with Crippen molar-refractivity contribution in [2.45, 2.75) is 69.3 Å². The summed E-state index contributed by atoms with van der Waals surface area (Å²) in [5, 5.41) is 0.719. The smallest absolute Gasteiger partial charge is 0.329 e. The summed E-state index contributed by atoms with van der Waals surface area (Å²) < 4.78 is 61.5. The van der Waals surface area contributed by atoms with Gasteiger partial charge in [0.1, 0.15) is 15.7 Å². The van der Waals surface area contributed by atoms with E-state index in [1.807, 2.05) is 19.1 Å². The topological polar surface area (TPSA) is 101 Å². The molecule has 1 saturated heterocycles. The van der Waals surface area contributed by atoms with Gasteiger partial charge in [-0.25, -0.2) is 17.8 Å². The fraction of sp³-hybridized carbons (Fsp3) is 0.579. The number of allylic oxidation sites excluding steroid dienone is 1. The lowest BCUT2D eigenvalue weighted by Gasteiger charge is -2.46. The Labute approximate surface area is 303 Å². The summed E-state index contributed by atoms with van der Waals surface area (Å²) in [7, 11) is -1.90. The molecule has 2 bridgehead atoms. The van der Waals surface area contributed by atoms with Crippen LogP contribution in [-0.4, -0.2) is 78.7 Å². The fourth-order valence-electron chi connectivity index (χ4n) is 9.12. The van der Waals surface area contributed by atoms with E-state index in [9.17, 15) is 22.6 Å². The van der Waals surface area contributed by atoms with Gasteiger partial charge in [0, 0.05) is 55.7 Å². The van der Waals surface area contributed by atoms with Crippen LogP contribution in [0.15, 0.2) is 52.9 Å². The molecule has 3 fully saturated rings. The number of ether oxygens (including phenoxy) is 2. The second kappa shape index (κ2) is 12.7. The van der Waals surface area contributed by atoms with Crippen LogP contribution in [0.5, 0.6) is 5.75 Å². The zero-order valence-corrected chi connectivity index (χ0v) is 30.6. The molecule has 274 valence electrons. The van der Waals surface area contributed by atoms with Gasteiger partial charge in [0.2, 0.25) is 0 Å². The number of fused-ring (bicyclic) bond motifs is 4.